The zero-order chi connectivity index (χ0) is 17.0. The van der Waals surface area contributed by atoms with Crippen molar-refractivity contribution in [3.05, 3.63) is 29.8 Å². The number of ether oxygens (including phenoxy) is 2. The molecule has 5 unspecified atom stereocenters. The minimum absolute atomic E-state index is 0.0243. The molecular formula is C15H20O8. The summed E-state index contributed by atoms with van der Waals surface area (Å²) in [6.07, 6.45) is -6.47. The second-order valence-electron chi connectivity index (χ2n) is 5.36. The first-order chi connectivity index (χ1) is 10.9. The molecule has 23 heavy (non-hydrogen) atoms. The number of carboxylic acid groups (broad SMARTS) is 1. The molecule has 0 radical (unpaired) electrons. The van der Waals surface area contributed by atoms with Crippen molar-refractivity contribution in [3.63, 3.8) is 0 Å². The van der Waals surface area contributed by atoms with E-state index in [1.165, 1.54) is 0 Å². The summed E-state index contributed by atoms with van der Waals surface area (Å²) < 4.78 is 10.7. The van der Waals surface area contributed by atoms with E-state index in [1.54, 1.807) is 24.3 Å². The van der Waals surface area contributed by atoms with E-state index in [1.807, 2.05) is 0 Å². The number of benzene rings is 1. The lowest BCUT2D eigenvalue weighted by Gasteiger charge is -2.39. The van der Waals surface area contributed by atoms with Crippen molar-refractivity contribution in [3.8, 4) is 5.75 Å². The van der Waals surface area contributed by atoms with Gasteiger partial charge in [0.05, 0.1) is 6.61 Å². The molecule has 1 heterocycles. The topological polar surface area (TPSA) is 137 Å². The van der Waals surface area contributed by atoms with Gasteiger partial charge < -0.3 is 35.0 Å². The molecule has 1 saturated heterocycles. The summed E-state index contributed by atoms with van der Waals surface area (Å²) in [6, 6.07) is 6.59. The molecule has 0 spiro atoms. The number of rotatable bonds is 6. The van der Waals surface area contributed by atoms with E-state index < -0.39 is 43.3 Å². The third kappa shape index (κ3) is 4.40. The normalized spacial score (nSPS) is 30.9. The van der Waals surface area contributed by atoms with Gasteiger partial charge in [-0.05, 0) is 24.1 Å². The molecule has 1 aliphatic rings. The minimum Gasteiger partial charge on any atom is -0.481 e. The van der Waals surface area contributed by atoms with Gasteiger partial charge in [0.25, 0.3) is 0 Å². The number of hydrogen-bond donors (Lipinski definition) is 5. The van der Waals surface area contributed by atoms with Crippen molar-refractivity contribution in [2.75, 3.05) is 6.61 Å². The monoisotopic (exact) mass is 328 g/mol. The Morgan fingerprint density at radius 3 is 2.57 bits per heavy atom. The standard InChI is InChI=1S/C15H20O8/c16-7-10-12(19)13(20)14(21)15(23-10)22-9-3-1-2-8(6-9)4-5-11(17)18/h1-3,6,10,12-16,19-21H,4-5,7H2,(H,17,18). The minimum atomic E-state index is -1.51. The maximum Gasteiger partial charge on any atom is 0.303 e. The van der Waals surface area contributed by atoms with Crippen LogP contribution in [0.5, 0.6) is 5.75 Å². The quantitative estimate of drug-likeness (QED) is 0.443. The highest BCUT2D eigenvalue weighted by Crippen LogP contribution is 2.25. The van der Waals surface area contributed by atoms with Crippen LogP contribution in [0.2, 0.25) is 0 Å². The predicted molar refractivity (Wildman–Crippen MR) is 76.8 cm³/mol. The summed E-state index contributed by atoms with van der Waals surface area (Å²) in [5.41, 5.74) is 0.731. The van der Waals surface area contributed by atoms with Crippen LogP contribution in [0.25, 0.3) is 0 Å². The number of carboxylic acids is 1. The number of hydrogen-bond acceptors (Lipinski definition) is 7. The molecule has 0 bridgehead atoms. The van der Waals surface area contributed by atoms with E-state index in [9.17, 15) is 20.1 Å². The Labute approximate surface area is 132 Å². The van der Waals surface area contributed by atoms with Crippen LogP contribution in [0.4, 0.5) is 0 Å². The molecule has 0 aliphatic carbocycles. The lowest BCUT2D eigenvalue weighted by Crippen LogP contribution is -2.60. The Morgan fingerprint density at radius 1 is 1.17 bits per heavy atom. The fourth-order valence-corrected chi connectivity index (χ4v) is 2.32. The largest absolute Gasteiger partial charge is 0.481 e. The molecule has 128 valence electrons. The highest BCUT2D eigenvalue weighted by molar-refractivity contribution is 5.67. The lowest BCUT2D eigenvalue weighted by atomic mass is 9.99. The number of carbonyl (C=O) groups is 1. The molecule has 0 saturated carbocycles. The predicted octanol–water partition coefficient (Wildman–Crippen LogP) is -1.12. The van der Waals surface area contributed by atoms with E-state index in [0.29, 0.717) is 12.2 Å². The van der Waals surface area contributed by atoms with Crippen LogP contribution < -0.4 is 4.74 Å². The van der Waals surface area contributed by atoms with Gasteiger partial charge >= 0.3 is 5.97 Å². The molecule has 5 atom stereocenters. The number of aliphatic hydroxyl groups excluding tert-OH is 4. The van der Waals surface area contributed by atoms with Gasteiger partial charge in [-0.25, -0.2) is 0 Å². The smallest absolute Gasteiger partial charge is 0.303 e. The van der Waals surface area contributed by atoms with Crippen molar-refractivity contribution in [2.24, 2.45) is 0 Å². The molecule has 8 heteroatoms. The molecule has 2 rings (SSSR count). The van der Waals surface area contributed by atoms with Crippen molar-refractivity contribution in [1.29, 1.82) is 0 Å². The maximum absolute atomic E-state index is 10.6. The average molecular weight is 328 g/mol. The first-order valence-electron chi connectivity index (χ1n) is 7.20. The van der Waals surface area contributed by atoms with E-state index in [4.69, 9.17) is 19.7 Å². The molecule has 1 fully saturated rings. The van der Waals surface area contributed by atoms with Crippen LogP contribution in [-0.4, -0.2) is 68.8 Å². The van der Waals surface area contributed by atoms with Gasteiger partial charge in [0, 0.05) is 6.42 Å². The zero-order valence-electron chi connectivity index (χ0n) is 12.3. The van der Waals surface area contributed by atoms with Gasteiger partial charge in [-0.2, -0.15) is 0 Å². The first-order valence-corrected chi connectivity index (χ1v) is 7.20. The second kappa shape index (κ2) is 7.71. The summed E-state index contributed by atoms with van der Waals surface area (Å²) in [6.45, 7) is -0.538. The molecule has 0 amide bonds. The molecular weight excluding hydrogens is 308 g/mol. The van der Waals surface area contributed by atoms with E-state index in [-0.39, 0.29) is 6.42 Å². The van der Waals surface area contributed by atoms with Crippen LogP contribution >= 0.6 is 0 Å². The van der Waals surface area contributed by atoms with Gasteiger partial charge in [-0.15, -0.1) is 0 Å². The summed E-state index contributed by atoms with van der Waals surface area (Å²) in [4.78, 5) is 10.6. The Kier molecular flexibility index (Phi) is 5.91. The lowest BCUT2D eigenvalue weighted by molar-refractivity contribution is -0.277. The summed E-state index contributed by atoms with van der Waals surface area (Å²) >= 11 is 0. The molecule has 1 aliphatic heterocycles. The third-order valence-electron chi connectivity index (χ3n) is 3.63. The van der Waals surface area contributed by atoms with Crippen LogP contribution in [0.3, 0.4) is 0 Å². The van der Waals surface area contributed by atoms with Crippen LogP contribution in [0.15, 0.2) is 24.3 Å². The van der Waals surface area contributed by atoms with Gasteiger partial charge in [-0.1, -0.05) is 12.1 Å². The van der Waals surface area contributed by atoms with E-state index >= 15 is 0 Å². The Bertz CT molecular complexity index is 532. The third-order valence-corrected chi connectivity index (χ3v) is 3.63. The summed E-state index contributed by atoms with van der Waals surface area (Å²) in [5, 5.41) is 47.1. The second-order valence-corrected chi connectivity index (χ2v) is 5.36. The average Bonchev–Trinajstić information content (AvgIpc) is 2.54. The fourth-order valence-electron chi connectivity index (χ4n) is 2.32. The van der Waals surface area contributed by atoms with Crippen LogP contribution in [-0.2, 0) is 16.0 Å². The Balaban J connectivity index is 2.05. The van der Waals surface area contributed by atoms with Crippen LogP contribution in [0, 0.1) is 0 Å². The summed E-state index contributed by atoms with van der Waals surface area (Å²) in [7, 11) is 0. The highest BCUT2D eigenvalue weighted by atomic mass is 16.7. The van der Waals surface area contributed by atoms with Crippen molar-refractivity contribution < 1.29 is 39.8 Å². The van der Waals surface area contributed by atoms with Gasteiger partial charge in [0.15, 0.2) is 0 Å². The molecule has 5 N–H and O–H groups in total. The zero-order valence-corrected chi connectivity index (χ0v) is 12.3. The fraction of sp³-hybridized carbons (Fsp3) is 0.533. The van der Waals surface area contributed by atoms with E-state index in [2.05, 4.69) is 0 Å². The number of aliphatic hydroxyl groups is 4. The SMILES string of the molecule is O=C(O)CCc1cccc(OC2OC(CO)C(O)C(O)C2O)c1. The number of aliphatic carboxylic acids is 1. The van der Waals surface area contributed by atoms with Crippen molar-refractivity contribution in [1.82, 2.24) is 0 Å². The van der Waals surface area contributed by atoms with Gasteiger partial charge in [0.1, 0.15) is 30.2 Å². The molecule has 8 nitrogen and oxygen atoms in total. The highest BCUT2D eigenvalue weighted by Gasteiger charge is 2.44. The van der Waals surface area contributed by atoms with Gasteiger partial charge in [-0.3, -0.25) is 4.79 Å². The first kappa shape index (κ1) is 17.6. The molecule has 0 aromatic heterocycles. The molecule has 1 aromatic carbocycles. The van der Waals surface area contributed by atoms with Crippen molar-refractivity contribution >= 4 is 5.97 Å². The number of aryl methyl sites for hydroxylation is 1. The Morgan fingerprint density at radius 2 is 1.91 bits per heavy atom. The van der Waals surface area contributed by atoms with Crippen molar-refractivity contribution in [2.45, 2.75) is 43.5 Å². The van der Waals surface area contributed by atoms with Crippen LogP contribution in [0.1, 0.15) is 12.0 Å². The van der Waals surface area contributed by atoms with E-state index in [0.717, 1.165) is 5.56 Å². The summed E-state index contributed by atoms with van der Waals surface area (Å²) in [5.74, 6) is -0.595. The maximum atomic E-state index is 10.6. The molecule has 1 aromatic rings. The van der Waals surface area contributed by atoms with Gasteiger partial charge in [0.2, 0.25) is 6.29 Å². The Hall–Kier alpha value is -1.71.